The van der Waals surface area contributed by atoms with E-state index < -0.39 is 5.97 Å². The van der Waals surface area contributed by atoms with Crippen molar-refractivity contribution < 1.29 is 9.90 Å². The van der Waals surface area contributed by atoms with E-state index >= 15 is 0 Å². The molecule has 0 aliphatic heterocycles. The SMILES string of the molecule is CCN(/C=N/c1cc(C)c(C(=O)O)cc1C)CC. The first-order valence-electron chi connectivity index (χ1n) is 6.12. The van der Waals surface area contributed by atoms with Crippen LogP contribution in [0.4, 0.5) is 5.69 Å². The Labute approximate surface area is 108 Å². The summed E-state index contributed by atoms with van der Waals surface area (Å²) in [6.07, 6.45) is 1.81. The molecule has 0 saturated carbocycles. The van der Waals surface area contributed by atoms with Gasteiger partial charge in [-0.2, -0.15) is 0 Å². The smallest absolute Gasteiger partial charge is 0.335 e. The summed E-state index contributed by atoms with van der Waals surface area (Å²) in [6, 6.07) is 3.49. The number of hydrogen-bond acceptors (Lipinski definition) is 2. The number of aliphatic imine (C=N–C) groups is 1. The summed E-state index contributed by atoms with van der Waals surface area (Å²) < 4.78 is 0. The highest BCUT2D eigenvalue weighted by Crippen LogP contribution is 2.23. The molecule has 0 amide bonds. The highest BCUT2D eigenvalue weighted by Gasteiger charge is 2.09. The van der Waals surface area contributed by atoms with E-state index in [0.29, 0.717) is 5.56 Å². The highest BCUT2D eigenvalue weighted by atomic mass is 16.4. The van der Waals surface area contributed by atoms with Crippen LogP contribution < -0.4 is 0 Å². The Kier molecular flexibility index (Phi) is 4.89. The molecular formula is C14H20N2O2. The zero-order chi connectivity index (χ0) is 13.7. The predicted octanol–water partition coefficient (Wildman–Crippen LogP) is 3.00. The molecular weight excluding hydrogens is 228 g/mol. The monoisotopic (exact) mass is 248 g/mol. The highest BCUT2D eigenvalue weighted by molar-refractivity contribution is 5.90. The third kappa shape index (κ3) is 3.32. The van der Waals surface area contributed by atoms with Crippen molar-refractivity contribution in [3.05, 3.63) is 28.8 Å². The molecule has 18 heavy (non-hydrogen) atoms. The third-order valence-corrected chi connectivity index (χ3v) is 2.95. The number of nitrogens with zero attached hydrogens (tertiary/aromatic N) is 2. The van der Waals surface area contributed by atoms with E-state index in [4.69, 9.17) is 5.11 Å². The minimum Gasteiger partial charge on any atom is -0.478 e. The Morgan fingerprint density at radius 1 is 1.28 bits per heavy atom. The zero-order valence-electron chi connectivity index (χ0n) is 11.4. The number of carbonyl (C=O) groups is 1. The molecule has 0 fully saturated rings. The minimum absolute atomic E-state index is 0.342. The molecule has 0 saturated heterocycles. The number of benzene rings is 1. The summed E-state index contributed by atoms with van der Waals surface area (Å²) in [4.78, 5) is 17.5. The molecule has 0 spiro atoms. The molecule has 0 radical (unpaired) electrons. The first kappa shape index (κ1) is 14.2. The van der Waals surface area contributed by atoms with Crippen molar-refractivity contribution in [2.24, 2.45) is 4.99 Å². The Bertz CT molecular complexity index is 463. The van der Waals surface area contributed by atoms with E-state index in [1.54, 1.807) is 13.0 Å². The van der Waals surface area contributed by atoms with E-state index in [-0.39, 0.29) is 0 Å². The lowest BCUT2D eigenvalue weighted by Gasteiger charge is -2.14. The molecule has 98 valence electrons. The summed E-state index contributed by atoms with van der Waals surface area (Å²) >= 11 is 0. The number of rotatable bonds is 5. The lowest BCUT2D eigenvalue weighted by Crippen LogP contribution is -2.20. The van der Waals surface area contributed by atoms with Gasteiger partial charge in [0.05, 0.1) is 17.6 Å². The van der Waals surface area contributed by atoms with Gasteiger partial charge in [0.15, 0.2) is 0 Å². The normalized spacial score (nSPS) is 10.9. The lowest BCUT2D eigenvalue weighted by atomic mass is 10.0. The molecule has 1 rings (SSSR count). The molecule has 0 bridgehead atoms. The van der Waals surface area contributed by atoms with Crippen molar-refractivity contribution in [3.8, 4) is 0 Å². The van der Waals surface area contributed by atoms with E-state index in [1.165, 1.54) is 0 Å². The summed E-state index contributed by atoms with van der Waals surface area (Å²) in [5.41, 5.74) is 2.78. The van der Waals surface area contributed by atoms with Gasteiger partial charge in [-0.05, 0) is 51.0 Å². The zero-order valence-corrected chi connectivity index (χ0v) is 11.4. The standard InChI is InChI=1S/C14H20N2O2/c1-5-16(6-2)9-15-13-8-10(3)12(14(17)18)7-11(13)4/h7-9H,5-6H2,1-4H3,(H,17,18)/b15-9+. The van der Waals surface area contributed by atoms with Gasteiger partial charge in [-0.3, -0.25) is 0 Å². The van der Waals surface area contributed by atoms with E-state index in [2.05, 4.69) is 23.7 Å². The summed E-state index contributed by atoms with van der Waals surface area (Å²) in [7, 11) is 0. The largest absolute Gasteiger partial charge is 0.478 e. The Balaban J connectivity index is 3.05. The molecule has 0 aliphatic rings. The van der Waals surface area contributed by atoms with E-state index in [1.807, 2.05) is 19.3 Å². The van der Waals surface area contributed by atoms with Crippen LogP contribution in [0.15, 0.2) is 17.1 Å². The van der Waals surface area contributed by atoms with Gasteiger partial charge in [0, 0.05) is 13.1 Å². The Hall–Kier alpha value is -1.84. The fraction of sp³-hybridized carbons (Fsp3) is 0.429. The van der Waals surface area contributed by atoms with Gasteiger partial charge < -0.3 is 10.0 Å². The van der Waals surface area contributed by atoms with Crippen molar-refractivity contribution >= 4 is 18.0 Å². The van der Waals surface area contributed by atoms with Crippen LogP contribution in [-0.4, -0.2) is 35.4 Å². The van der Waals surface area contributed by atoms with Crippen molar-refractivity contribution in [3.63, 3.8) is 0 Å². The number of aryl methyl sites for hydroxylation is 2. The van der Waals surface area contributed by atoms with Crippen molar-refractivity contribution in [2.75, 3.05) is 13.1 Å². The van der Waals surface area contributed by atoms with Crippen LogP contribution in [0, 0.1) is 13.8 Å². The topological polar surface area (TPSA) is 52.9 Å². The fourth-order valence-electron chi connectivity index (χ4n) is 1.70. The number of carboxylic acid groups (broad SMARTS) is 1. The van der Waals surface area contributed by atoms with E-state index in [0.717, 1.165) is 29.9 Å². The Morgan fingerprint density at radius 2 is 1.89 bits per heavy atom. The second-order valence-electron chi connectivity index (χ2n) is 4.22. The molecule has 0 heterocycles. The van der Waals surface area contributed by atoms with Gasteiger partial charge in [-0.15, -0.1) is 0 Å². The molecule has 1 N–H and O–H groups in total. The van der Waals surface area contributed by atoms with Crippen LogP contribution >= 0.6 is 0 Å². The summed E-state index contributed by atoms with van der Waals surface area (Å²) in [5.74, 6) is -0.894. The van der Waals surface area contributed by atoms with Gasteiger partial charge >= 0.3 is 5.97 Å². The van der Waals surface area contributed by atoms with Gasteiger partial charge in [-0.1, -0.05) is 0 Å². The van der Waals surface area contributed by atoms with Crippen molar-refractivity contribution in [1.29, 1.82) is 0 Å². The molecule has 4 heteroatoms. The van der Waals surface area contributed by atoms with E-state index in [9.17, 15) is 4.79 Å². The molecule has 4 nitrogen and oxygen atoms in total. The molecule has 0 aromatic heterocycles. The first-order valence-corrected chi connectivity index (χ1v) is 6.12. The number of aromatic carboxylic acids is 1. The van der Waals surface area contributed by atoms with Crippen LogP contribution in [0.2, 0.25) is 0 Å². The number of hydrogen-bond donors (Lipinski definition) is 1. The molecule has 0 aliphatic carbocycles. The lowest BCUT2D eigenvalue weighted by molar-refractivity contribution is 0.0696. The fourth-order valence-corrected chi connectivity index (χ4v) is 1.70. The Morgan fingerprint density at radius 3 is 2.39 bits per heavy atom. The first-order chi connectivity index (χ1) is 8.49. The second kappa shape index (κ2) is 6.19. The summed E-state index contributed by atoms with van der Waals surface area (Å²) in [5, 5.41) is 9.03. The van der Waals surface area contributed by atoms with Crippen LogP contribution in [-0.2, 0) is 0 Å². The summed E-state index contributed by atoms with van der Waals surface area (Å²) in [6.45, 7) is 9.62. The maximum absolute atomic E-state index is 11.0. The van der Waals surface area contributed by atoms with Gasteiger partial charge in [0.1, 0.15) is 0 Å². The van der Waals surface area contributed by atoms with Crippen LogP contribution in [0.3, 0.4) is 0 Å². The maximum atomic E-state index is 11.0. The quantitative estimate of drug-likeness (QED) is 0.643. The third-order valence-electron chi connectivity index (χ3n) is 2.95. The van der Waals surface area contributed by atoms with Crippen molar-refractivity contribution in [2.45, 2.75) is 27.7 Å². The van der Waals surface area contributed by atoms with Gasteiger partial charge in [-0.25, -0.2) is 9.79 Å². The molecule has 1 aromatic carbocycles. The average Bonchev–Trinajstić information content (AvgIpc) is 2.33. The van der Waals surface area contributed by atoms with Crippen LogP contribution in [0.25, 0.3) is 0 Å². The van der Waals surface area contributed by atoms with Crippen LogP contribution in [0.5, 0.6) is 0 Å². The predicted molar refractivity (Wildman–Crippen MR) is 73.9 cm³/mol. The molecule has 0 atom stereocenters. The average molecular weight is 248 g/mol. The molecule has 1 aromatic rings. The van der Waals surface area contributed by atoms with Gasteiger partial charge in [0.2, 0.25) is 0 Å². The van der Waals surface area contributed by atoms with Crippen molar-refractivity contribution in [1.82, 2.24) is 4.90 Å². The second-order valence-corrected chi connectivity index (χ2v) is 4.22. The number of carboxylic acids is 1. The molecule has 0 unspecified atom stereocenters. The van der Waals surface area contributed by atoms with Gasteiger partial charge in [0.25, 0.3) is 0 Å². The minimum atomic E-state index is -0.894. The van der Waals surface area contributed by atoms with Crippen LogP contribution in [0.1, 0.15) is 35.3 Å². The maximum Gasteiger partial charge on any atom is 0.335 e.